The molecule has 0 aliphatic rings. The Kier molecular flexibility index (Phi) is 4.53. The molecule has 1 heterocycles. The topological polar surface area (TPSA) is 81.0 Å². The molecule has 0 saturated heterocycles. The van der Waals surface area contributed by atoms with Gasteiger partial charge in [0.15, 0.2) is 5.82 Å². The van der Waals surface area contributed by atoms with Crippen LogP contribution in [0.1, 0.15) is 0 Å². The maximum absolute atomic E-state index is 14.2. The minimum atomic E-state index is -0.748. The predicted octanol–water partition coefficient (Wildman–Crippen LogP) is 5.49. The molecule has 0 fully saturated rings. The minimum absolute atomic E-state index is 0.0370. The van der Waals surface area contributed by atoms with Crippen LogP contribution in [-0.4, -0.2) is 14.9 Å². The number of rotatable bonds is 3. The van der Waals surface area contributed by atoms with Gasteiger partial charge in [0.1, 0.15) is 12.1 Å². The molecule has 0 spiro atoms. The first-order valence-electron chi connectivity index (χ1n) is 6.37. The summed E-state index contributed by atoms with van der Waals surface area (Å²) in [6.45, 7) is 0. The van der Waals surface area contributed by atoms with Crippen molar-refractivity contribution in [2.75, 3.05) is 5.32 Å². The Hall–Kier alpha value is -2.03. The first-order valence-corrected chi connectivity index (χ1v) is 7.92. The van der Waals surface area contributed by atoms with E-state index < -0.39 is 10.7 Å². The summed E-state index contributed by atoms with van der Waals surface area (Å²) >= 11 is 14.7. The molecule has 24 heavy (non-hydrogen) atoms. The third-order valence-electron chi connectivity index (χ3n) is 3.19. The SMILES string of the molecule is O=[N+]([O-])c1cc2c(Nc3ccc(Cl)c(Cl)c3F)ncnc2cc1Br. The normalized spacial score (nSPS) is 10.8. The van der Waals surface area contributed by atoms with Crippen LogP contribution >= 0.6 is 39.1 Å². The van der Waals surface area contributed by atoms with Gasteiger partial charge in [-0.15, -0.1) is 0 Å². The van der Waals surface area contributed by atoms with Gasteiger partial charge in [0.2, 0.25) is 0 Å². The van der Waals surface area contributed by atoms with E-state index >= 15 is 0 Å². The zero-order valence-corrected chi connectivity index (χ0v) is 14.7. The van der Waals surface area contributed by atoms with Crippen molar-refractivity contribution in [2.24, 2.45) is 0 Å². The van der Waals surface area contributed by atoms with E-state index in [1.54, 1.807) is 0 Å². The molecule has 1 aromatic heterocycles. The van der Waals surface area contributed by atoms with Crippen LogP contribution in [0.4, 0.5) is 21.6 Å². The van der Waals surface area contributed by atoms with Crippen LogP contribution in [0.5, 0.6) is 0 Å². The lowest BCUT2D eigenvalue weighted by atomic mass is 10.2. The van der Waals surface area contributed by atoms with Gasteiger partial charge in [-0.05, 0) is 34.1 Å². The lowest BCUT2D eigenvalue weighted by Gasteiger charge is -2.10. The molecule has 0 aliphatic carbocycles. The first-order chi connectivity index (χ1) is 11.4. The fraction of sp³-hybridized carbons (Fsp3) is 0. The Balaban J connectivity index is 2.15. The van der Waals surface area contributed by atoms with Crippen molar-refractivity contribution in [3.8, 4) is 0 Å². The number of anilines is 2. The minimum Gasteiger partial charge on any atom is -0.337 e. The number of benzene rings is 2. The maximum Gasteiger partial charge on any atom is 0.284 e. The highest BCUT2D eigenvalue weighted by Gasteiger charge is 2.17. The smallest absolute Gasteiger partial charge is 0.284 e. The van der Waals surface area contributed by atoms with Crippen LogP contribution in [0.15, 0.2) is 35.1 Å². The predicted molar refractivity (Wildman–Crippen MR) is 93.6 cm³/mol. The third-order valence-corrected chi connectivity index (χ3v) is 4.61. The van der Waals surface area contributed by atoms with E-state index in [1.807, 2.05) is 0 Å². The summed E-state index contributed by atoms with van der Waals surface area (Å²) in [6, 6.07) is 5.62. The van der Waals surface area contributed by atoms with Crippen molar-refractivity contribution in [1.29, 1.82) is 0 Å². The van der Waals surface area contributed by atoms with Crippen molar-refractivity contribution in [2.45, 2.75) is 0 Å². The van der Waals surface area contributed by atoms with E-state index in [2.05, 4.69) is 31.2 Å². The van der Waals surface area contributed by atoms with Gasteiger partial charge in [0.25, 0.3) is 5.69 Å². The van der Waals surface area contributed by atoms with Crippen LogP contribution < -0.4 is 5.32 Å². The van der Waals surface area contributed by atoms with Crippen LogP contribution in [0.2, 0.25) is 10.0 Å². The second-order valence-electron chi connectivity index (χ2n) is 4.65. The number of nitro benzene ring substituents is 1. The number of aromatic nitrogens is 2. The Labute approximate surface area is 152 Å². The van der Waals surface area contributed by atoms with Crippen molar-refractivity contribution in [1.82, 2.24) is 9.97 Å². The monoisotopic (exact) mass is 430 g/mol. The highest BCUT2D eigenvalue weighted by molar-refractivity contribution is 9.10. The number of hydrogen-bond donors (Lipinski definition) is 1. The molecule has 0 atom stereocenters. The Morgan fingerprint density at radius 3 is 2.71 bits per heavy atom. The van der Waals surface area contributed by atoms with E-state index in [0.717, 1.165) is 0 Å². The Morgan fingerprint density at radius 1 is 1.25 bits per heavy atom. The summed E-state index contributed by atoms with van der Waals surface area (Å²) in [4.78, 5) is 18.6. The lowest BCUT2D eigenvalue weighted by Crippen LogP contribution is -2.00. The standard InChI is InChI=1S/C14H6BrCl2FN4O2/c15-7-4-10-6(3-11(7)22(23)24)14(20-5-19-10)21-9-2-1-8(16)12(17)13(9)18/h1-5H,(H,19,20,21). The molecule has 0 amide bonds. The second kappa shape index (κ2) is 6.46. The van der Waals surface area contributed by atoms with E-state index in [9.17, 15) is 14.5 Å². The largest absolute Gasteiger partial charge is 0.337 e. The fourth-order valence-corrected chi connectivity index (χ4v) is 2.84. The number of nitro groups is 1. The van der Waals surface area contributed by atoms with Gasteiger partial charge >= 0.3 is 0 Å². The maximum atomic E-state index is 14.2. The van der Waals surface area contributed by atoms with E-state index in [-0.39, 0.29) is 31.7 Å². The molecule has 0 radical (unpaired) electrons. The lowest BCUT2D eigenvalue weighted by molar-refractivity contribution is -0.385. The quantitative estimate of drug-likeness (QED) is 0.337. The molecule has 0 saturated carbocycles. The third kappa shape index (κ3) is 3.00. The molecule has 0 unspecified atom stereocenters. The average Bonchev–Trinajstić information content (AvgIpc) is 2.54. The van der Waals surface area contributed by atoms with E-state index in [0.29, 0.717) is 10.9 Å². The molecule has 0 bridgehead atoms. The number of halogens is 4. The second-order valence-corrected chi connectivity index (χ2v) is 6.29. The molecule has 2 aromatic carbocycles. The van der Waals surface area contributed by atoms with Gasteiger partial charge in [-0.25, -0.2) is 14.4 Å². The molecule has 10 heteroatoms. The van der Waals surface area contributed by atoms with Crippen LogP contribution in [0.25, 0.3) is 10.9 Å². The summed E-state index contributed by atoms with van der Waals surface area (Å²) in [5, 5.41) is 14.1. The van der Waals surface area contributed by atoms with Crippen molar-refractivity contribution in [3.05, 3.63) is 61.0 Å². The van der Waals surface area contributed by atoms with Gasteiger partial charge in [-0.3, -0.25) is 10.1 Å². The van der Waals surface area contributed by atoms with E-state index in [4.69, 9.17) is 23.2 Å². The molecular weight excluding hydrogens is 426 g/mol. The molecule has 0 aliphatic heterocycles. The molecule has 1 N–H and O–H groups in total. The summed E-state index contributed by atoms with van der Waals surface area (Å²) < 4.78 is 14.5. The molecule has 3 aromatic rings. The van der Waals surface area contributed by atoms with Crippen molar-refractivity contribution < 1.29 is 9.31 Å². The van der Waals surface area contributed by atoms with Crippen LogP contribution in [0, 0.1) is 15.9 Å². The number of fused-ring (bicyclic) bond motifs is 1. The summed E-state index contributed by atoms with van der Waals surface area (Å²) in [5.41, 5.74) is 0.329. The van der Waals surface area contributed by atoms with Crippen LogP contribution in [-0.2, 0) is 0 Å². The van der Waals surface area contributed by atoms with Crippen molar-refractivity contribution in [3.63, 3.8) is 0 Å². The zero-order valence-electron chi connectivity index (χ0n) is 11.6. The van der Waals surface area contributed by atoms with E-state index in [1.165, 1.54) is 30.6 Å². The molecule has 6 nitrogen and oxygen atoms in total. The molecule has 3 rings (SSSR count). The Bertz CT molecular complexity index is 987. The van der Waals surface area contributed by atoms with Gasteiger partial charge < -0.3 is 5.32 Å². The highest BCUT2D eigenvalue weighted by Crippen LogP contribution is 2.35. The van der Waals surface area contributed by atoms with Gasteiger partial charge in [-0.2, -0.15) is 0 Å². The highest BCUT2D eigenvalue weighted by atomic mass is 79.9. The van der Waals surface area contributed by atoms with Gasteiger partial charge in [-0.1, -0.05) is 23.2 Å². The van der Waals surface area contributed by atoms with Gasteiger partial charge in [0.05, 0.1) is 30.6 Å². The zero-order chi connectivity index (χ0) is 17.4. The summed E-state index contributed by atoms with van der Waals surface area (Å²) in [5.74, 6) is -0.546. The van der Waals surface area contributed by atoms with Crippen LogP contribution in [0.3, 0.4) is 0 Å². The number of hydrogen-bond acceptors (Lipinski definition) is 5. The summed E-state index contributed by atoms with van der Waals surface area (Å²) in [6.07, 6.45) is 1.26. The number of nitrogens with zero attached hydrogens (tertiary/aromatic N) is 3. The molecular formula is C14H6BrCl2FN4O2. The summed E-state index contributed by atoms with van der Waals surface area (Å²) in [7, 11) is 0. The van der Waals surface area contributed by atoms with Gasteiger partial charge in [0, 0.05) is 11.5 Å². The fourth-order valence-electron chi connectivity index (χ4n) is 2.06. The first kappa shape index (κ1) is 16.8. The Morgan fingerprint density at radius 2 is 2.00 bits per heavy atom. The van der Waals surface area contributed by atoms with Crippen molar-refractivity contribution >= 4 is 67.2 Å². The average molecular weight is 432 g/mol. The molecule has 122 valence electrons. The number of nitrogens with one attached hydrogen (secondary N) is 1.